The third-order valence-corrected chi connectivity index (χ3v) is 14.9. The van der Waals surface area contributed by atoms with E-state index >= 15 is 4.79 Å². The van der Waals surface area contributed by atoms with E-state index in [2.05, 4.69) is 5.32 Å². The van der Waals surface area contributed by atoms with Gasteiger partial charge in [-0.15, -0.1) is 0 Å². The van der Waals surface area contributed by atoms with Crippen molar-refractivity contribution in [3.05, 3.63) is 82.9 Å². The Morgan fingerprint density at radius 1 is 0.926 bits per heavy atom. The van der Waals surface area contributed by atoms with Gasteiger partial charge in [0.1, 0.15) is 35.6 Å². The SMILES string of the molecule is CCCN(Cl)CCN(Cl)CCCC(=O)O[C@@H](C(=O)O[C@H]1C[C@@]2(O)[C@@H](OC(=O)c3ccccc3)C3[C@@H]4CO[C@@H]4C[C@@H](O)[C@@]3(C)C(=O)[C@H](O)C(=C1C)C2(C)C)[C@@H](NC(=O)OC(C)(C)C)c1ccccc1. The molecule has 0 radical (unpaired) electrons. The van der Waals surface area contributed by atoms with Gasteiger partial charge in [-0.05, 0) is 99.9 Å². The highest BCUT2D eigenvalue weighted by Crippen LogP contribution is 2.62. The Morgan fingerprint density at radius 3 is 2.13 bits per heavy atom. The zero-order valence-electron chi connectivity index (χ0n) is 40.1. The van der Waals surface area contributed by atoms with E-state index in [1.54, 1.807) is 107 Å². The summed E-state index contributed by atoms with van der Waals surface area (Å²) in [6.07, 6.45) is -9.03. The van der Waals surface area contributed by atoms with E-state index in [1.165, 1.54) is 11.3 Å². The first-order valence-electron chi connectivity index (χ1n) is 23.4. The Morgan fingerprint density at radius 2 is 1.54 bits per heavy atom. The molecule has 1 aliphatic heterocycles. The second-order valence-electron chi connectivity index (χ2n) is 20.2. The van der Waals surface area contributed by atoms with Crippen LogP contribution >= 0.6 is 23.6 Å². The summed E-state index contributed by atoms with van der Waals surface area (Å²) in [6, 6.07) is 15.1. The molecule has 6 rings (SSSR count). The number of carbonyl (C=O) groups is 5. The van der Waals surface area contributed by atoms with Crippen molar-refractivity contribution in [3.63, 3.8) is 0 Å². The highest BCUT2D eigenvalue weighted by atomic mass is 35.5. The molecule has 2 aromatic carbocycles. The number of carbonyl (C=O) groups excluding carboxylic acids is 5. The molecule has 3 fully saturated rings. The third-order valence-electron chi connectivity index (χ3n) is 14.3. The van der Waals surface area contributed by atoms with Crippen molar-refractivity contribution in [2.45, 2.75) is 141 Å². The van der Waals surface area contributed by atoms with Crippen molar-refractivity contribution < 1.29 is 63.0 Å². The van der Waals surface area contributed by atoms with E-state index in [0.29, 0.717) is 25.2 Å². The molecule has 3 aliphatic carbocycles. The van der Waals surface area contributed by atoms with Gasteiger partial charge in [-0.25, -0.2) is 23.2 Å². The first-order chi connectivity index (χ1) is 31.9. The standard InChI is InChI=1S/C50H67Cl2N3O13/c1-9-22-54(51)24-25-55(52)23-16-21-36(57)66-41(39(30-17-12-10-13-18-30)53-46(62)68-47(3,4)5)45(61)65-34-27-50(63)43(67-44(60)31-19-14-11-15-20-31)38-32-28-64-33(32)26-35(56)49(38,8)42(59)40(58)37(29(34)2)48(50,6)7/h10-15,17-20,32-35,38-41,43,56,58,63H,9,16,21-28H2,1-8H3,(H,53,62)/t32-,33-,34+,35-,38?,39+,40-,41-,43+,49-,50-/m1/s1. The molecule has 0 aromatic heterocycles. The van der Waals surface area contributed by atoms with Crippen molar-refractivity contribution in [1.82, 2.24) is 14.2 Å². The average molecular weight is 989 g/mol. The van der Waals surface area contributed by atoms with E-state index in [0.717, 1.165) is 6.42 Å². The number of hydrogen-bond acceptors (Lipinski definition) is 15. The fraction of sp³-hybridized carbons (Fsp3) is 0.620. The predicted octanol–water partition coefficient (Wildman–Crippen LogP) is 6.23. The molecule has 16 nitrogen and oxygen atoms in total. The number of nitrogens with zero attached hydrogens (tertiary/aromatic N) is 2. The number of amides is 1. The van der Waals surface area contributed by atoms with Crippen LogP contribution in [-0.4, -0.2) is 135 Å². The minimum atomic E-state index is -2.20. The monoisotopic (exact) mass is 987 g/mol. The van der Waals surface area contributed by atoms with E-state index in [1.807, 2.05) is 6.92 Å². The lowest BCUT2D eigenvalue weighted by atomic mass is 9.46. The highest BCUT2D eigenvalue weighted by Gasteiger charge is 2.72. The molecule has 0 spiro atoms. The molecule has 374 valence electrons. The maximum Gasteiger partial charge on any atom is 0.408 e. The normalized spacial score (nSPS) is 29.6. The minimum Gasteiger partial charge on any atom is -0.455 e. The number of ether oxygens (including phenoxy) is 5. The first-order valence-corrected chi connectivity index (χ1v) is 24.1. The smallest absolute Gasteiger partial charge is 0.408 e. The van der Waals surface area contributed by atoms with Crippen molar-refractivity contribution in [2.24, 2.45) is 22.7 Å². The van der Waals surface area contributed by atoms with Crippen LogP contribution in [0.1, 0.15) is 109 Å². The third kappa shape index (κ3) is 11.1. The maximum absolute atomic E-state index is 15.0. The summed E-state index contributed by atoms with van der Waals surface area (Å²) < 4.78 is 33.3. The van der Waals surface area contributed by atoms with Crippen LogP contribution < -0.4 is 5.32 Å². The van der Waals surface area contributed by atoms with Crippen LogP contribution in [0.4, 0.5) is 4.79 Å². The molecule has 11 atom stereocenters. The van der Waals surface area contributed by atoms with Crippen molar-refractivity contribution in [2.75, 3.05) is 32.8 Å². The van der Waals surface area contributed by atoms with Crippen LogP contribution in [0.25, 0.3) is 0 Å². The quantitative estimate of drug-likeness (QED) is 0.0600. The lowest BCUT2D eigenvalue weighted by molar-refractivity contribution is -0.277. The molecule has 4 N–H and O–H groups in total. The van der Waals surface area contributed by atoms with Crippen LogP contribution in [0.2, 0.25) is 0 Å². The van der Waals surface area contributed by atoms with Crippen LogP contribution in [0.15, 0.2) is 71.8 Å². The predicted molar refractivity (Wildman–Crippen MR) is 251 cm³/mol. The molecule has 1 saturated heterocycles. The lowest BCUT2D eigenvalue weighted by Gasteiger charge is -2.64. The van der Waals surface area contributed by atoms with Crippen LogP contribution in [-0.2, 0) is 38.1 Å². The molecular formula is C50H67Cl2N3O13. The zero-order valence-corrected chi connectivity index (χ0v) is 41.6. The number of esters is 3. The van der Waals surface area contributed by atoms with Gasteiger partial charge in [-0.2, -0.15) is 0 Å². The number of fused-ring (bicyclic) bond motifs is 5. The molecule has 2 saturated carbocycles. The summed E-state index contributed by atoms with van der Waals surface area (Å²) in [4.78, 5) is 71.4. The van der Waals surface area contributed by atoms with Gasteiger partial charge in [-0.1, -0.05) is 69.3 Å². The number of nitrogens with one attached hydrogen (secondary N) is 1. The number of halogens is 2. The molecule has 2 bridgehead atoms. The Hall–Kier alpha value is -4.13. The van der Waals surface area contributed by atoms with Gasteiger partial charge in [0.15, 0.2) is 5.78 Å². The summed E-state index contributed by atoms with van der Waals surface area (Å²) in [5.41, 5.74) is -5.71. The Balaban J connectivity index is 1.40. The second kappa shape index (κ2) is 21.5. The Labute approximate surface area is 408 Å². The summed E-state index contributed by atoms with van der Waals surface area (Å²) in [7, 11) is 0. The van der Waals surface area contributed by atoms with Crippen molar-refractivity contribution in [1.29, 1.82) is 0 Å². The average Bonchev–Trinajstić information content (AvgIpc) is 3.27. The minimum absolute atomic E-state index is 0.00584. The maximum atomic E-state index is 15.0. The number of rotatable bonds is 17. The number of Topliss-reactive ketones (excluding diaryl/α,β-unsaturated/α-hetero) is 1. The van der Waals surface area contributed by atoms with Gasteiger partial charge >= 0.3 is 24.0 Å². The van der Waals surface area contributed by atoms with Crippen molar-refractivity contribution >= 4 is 53.3 Å². The van der Waals surface area contributed by atoms with Gasteiger partial charge in [-0.3, -0.25) is 9.59 Å². The van der Waals surface area contributed by atoms with E-state index < -0.39 is 113 Å². The molecule has 1 unspecified atom stereocenters. The number of aliphatic hydroxyl groups excluding tert-OH is 2. The van der Waals surface area contributed by atoms with E-state index in [9.17, 15) is 34.5 Å². The molecule has 4 aliphatic rings. The number of ketones is 1. The number of alkyl carbamates (subject to hydrolysis) is 1. The largest absolute Gasteiger partial charge is 0.455 e. The van der Waals surface area contributed by atoms with Crippen molar-refractivity contribution in [3.8, 4) is 0 Å². The zero-order chi connectivity index (χ0) is 49.9. The molecule has 1 heterocycles. The molecule has 18 heteroatoms. The topological polar surface area (TPSA) is 211 Å². The van der Waals surface area contributed by atoms with Gasteiger partial charge in [0.05, 0.1) is 29.8 Å². The fourth-order valence-electron chi connectivity index (χ4n) is 10.5. The lowest BCUT2D eigenvalue weighted by Crippen LogP contribution is -2.75. The first kappa shape index (κ1) is 53.2. The van der Waals surface area contributed by atoms with Gasteiger partial charge in [0.25, 0.3) is 0 Å². The van der Waals surface area contributed by atoms with Crippen LogP contribution in [0.5, 0.6) is 0 Å². The van der Waals surface area contributed by atoms with E-state index in [4.69, 9.17) is 47.2 Å². The number of aliphatic hydroxyl groups is 3. The van der Waals surface area contributed by atoms with Gasteiger partial charge in [0.2, 0.25) is 6.10 Å². The molecular weight excluding hydrogens is 921 g/mol. The summed E-state index contributed by atoms with van der Waals surface area (Å²) in [5.74, 6) is -5.10. The van der Waals surface area contributed by atoms with Gasteiger partial charge in [0, 0.05) is 62.7 Å². The Kier molecular flexibility index (Phi) is 16.8. The second-order valence-corrected chi connectivity index (χ2v) is 21.2. The van der Waals surface area contributed by atoms with Gasteiger partial charge < -0.3 is 44.3 Å². The molecule has 1 amide bonds. The number of benzene rings is 2. The summed E-state index contributed by atoms with van der Waals surface area (Å²) in [6.45, 7) is 15.3. The summed E-state index contributed by atoms with van der Waals surface area (Å²) in [5, 5.41) is 40.4. The highest BCUT2D eigenvalue weighted by molar-refractivity contribution is 6.14. The van der Waals surface area contributed by atoms with E-state index in [-0.39, 0.29) is 49.1 Å². The van der Waals surface area contributed by atoms with Crippen LogP contribution in [0, 0.1) is 22.7 Å². The fourth-order valence-corrected chi connectivity index (χ4v) is 10.9. The molecule has 68 heavy (non-hydrogen) atoms. The Bertz CT molecular complexity index is 2170. The summed E-state index contributed by atoms with van der Waals surface area (Å²) >= 11 is 12.7. The number of hydrogen-bond donors (Lipinski definition) is 4. The molecule has 2 aromatic rings. The van der Waals surface area contributed by atoms with Crippen LogP contribution in [0.3, 0.4) is 0 Å².